The molecule has 0 rings (SSSR count). The van der Waals surface area contributed by atoms with E-state index in [1.807, 2.05) is 0 Å². The molecular weight excluding hydrogens is 196 g/mol. The zero-order valence-electron chi connectivity index (χ0n) is 7.38. The van der Waals surface area contributed by atoms with Gasteiger partial charge in [-0.1, -0.05) is 0 Å². The van der Waals surface area contributed by atoms with E-state index in [-0.39, 0.29) is 6.61 Å². The van der Waals surface area contributed by atoms with Crippen molar-refractivity contribution < 1.29 is 34.4 Å². The molecule has 0 aliphatic rings. The number of ether oxygens (including phenoxy) is 2. The summed E-state index contributed by atoms with van der Waals surface area (Å²) >= 11 is 0. The topological polar surface area (TPSA) is 113 Å². The van der Waals surface area contributed by atoms with Crippen LogP contribution in [0.25, 0.3) is 0 Å². The Labute approximate surface area is 79.9 Å². The molecule has 0 aliphatic carbocycles. The van der Waals surface area contributed by atoms with E-state index in [4.69, 9.17) is 15.3 Å². The number of hydrogen-bond donors (Lipinski definition) is 3. The predicted octanol–water partition coefficient (Wildman–Crippen LogP) is -2.58. The fourth-order valence-corrected chi connectivity index (χ4v) is 0.579. The van der Waals surface area contributed by atoms with Crippen molar-refractivity contribution in [2.45, 2.75) is 6.10 Å². The van der Waals surface area contributed by atoms with Crippen LogP contribution in [0.15, 0.2) is 0 Å². The molecule has 7 nitrogen and oxygen atoms in total. The van der Waals surface area contributed by atoms with Crippen LogP contribution >= 0.6 is 0 Å². The molecule has 0 aromatic rings. The number of esters is 2. The maximum absolute atomic E-state index is 10.5. The van der Waals surface area contributed by atoms with Gasteiger partial charge in [0.25, 0.3) is 0 Å². The van der Waals surface area contributed by atoms with E-state index in [0.29, 0.717) is 0 Å². The summed E-state index contributed by atoms with van der Waals surface area (Å²) in [4.78, 5) is 21.0. The summed E-state index contributed by atoms with van der Waals surface area (Å²) < 4.78 is 8.83. The second kappa shape index (κ2) is 7.25. The highest BCUT2D eigenvalue weighted by atomic mass is 16.6. The van der Waals surface area contributed by atoms with Gasteiger partial charge in [-0.3, -0.25) is 0 Å². The third-order valence-electron chi connectivity index (χ3n) is 1.19. The summed E-state index contributed by atoms with van der Waals surface area (Å²) in [6.07, 6.45) is -1.02. The molecule has 1 unspecified atom stereocenters. The first-order valence-corrected chi connectivity index (χ1v) is 3.81. The third kappa shape index (κ3) is 5.46. The van der Waals surface area contributed by atoms with Crippen LogP contribution in [0.2, 0.25) is 0 Å². The fourth-order valence-electron chi connectivity index (χ4n) is 0.579. The number of hydrogen-bond acceptors (Lipinski definition) is 7. The van der Waals surface area contributed by atoms with Crippen molar-refractivity contribution in [2.75, 3.05) is 26.4 Å². The molecule has 7 heteroatoms. The molecule has 0 saturated carbocycles. The highest BCUT2D eigenvalue weighted by Gasteiger charge is 2.14. The van der Waals surface area contributed by atoms with Crippen molar-refractivity contribution in [1.82, 2.24) is 0 Å². The number of aliphatic hydroxyl groups is 3. The molecule has 0 aliphatic heterocycles. The average Bonchev–Trinajstić information content (AvgIpc) is 2.22. The first-order valence-electron chi connectivity index (χ1n) is 3.81. The minimum atomic E-state index is -1.02. The second-order valence-electron chi connectivity index (χ2n) is 2.29. The Morgan fingerprint density at radius 3 is 2.07 bits per heavy atom. The van der Waals surface area contributed by atoms with Crippen LogP contribution in [0.3, 0.4) is 0 Å². The third-order valence-corrected chi connectivity index (χ3v) is 1.19. The van der Waals surface area contributed by atoms with Crippen molar-refractivity contribution >= 4 is 11.9 Å². The van der Waals surface area contributed by atoms with Crippen molar-refractivity contribution in [2.24, 2.45) is 0 Å². The SMILES string of the molecule is O=C(CO)OCC(CO)OC(=O)CO. The highest BCUT2D eigenvalue weighted by molar-refractivity contribution is 5.71. The molecular formula is C7H12O7. The lowest BCUT2D eigenvalue weighted by Crippen LogP contribution is -2.30. The monoisotopic (exact) mass is 208 g/mol. The molecule has 0 aromatic carbocycles. The molecule has 14 heavy (non-hydrogen) atoms. The van der Waals surface area contributed by atoms with Crippen molar-refractivity contribution in [3.05, 3.63) is 0 Å². The Morgan fingerprint density at radius 2 is 1.64 bits per heavy atom. The Morgan fingerprint density at radius 1 is 1.07 bits per heavy atom. The fraction of sp³-hybridized carbons (Fsp3) is 0.714. The van der Waals surface area contributed by atoms with E-state index in [1.54, 1.807) is 0 Å². The molecule has 0 amide bonds. The van der Waals surface area contributed by atoms with Crippen molar-refractivity contribution in [1.29, 1.82) is 0 Å². The molecule has 0 saturated heterocycles. The van der Waals surface area contributed by atoms with Crippen LogP contribution in [0.1, 0.15) is 0 Å². The van der Waals surface area contributed by atoms with Gasteiger partial charge in [0.15, 0.2) is 6.10 Å². The standard InChI is InChI=1S/C7H12O7/c8-1-5(14-7(12)3-10)4-13-6(11)2-9/h5,8-10H,1-4H2. The Kier molecular flexibility index (Phi) is 6.63. The van der Waals surface area contributed by atoms with E-state index in [0.717, 1.165) is 0 Å². The van der Waals surface area contributed by atoms with Gasteiger partial charge in [-0.2, -0.15) is 0 Å². The lowest BCUT2D eigenvalue weighted by Gasteiger charge is -2.14. The van der Waals surface area contributed by atoms with Crippen molar-refractivity contribution in [3.63, 3.8) is 0 Å². The highest BCUT2D eigenvalue weighted by Crippen LogP contribution is 1.93. The van der Waals surface area contributed by atoms with Gasteiger partial charge in [0.1, 0.15) is 19.8 Å². The molecule has 0 spiro atoms. The number of carbonyl (C=O) groups excluding carboxylic acids is 2. The van der Waals surface area contributed by atoms with Crippen LogP contribution < -0.4 is 0 Å². The van der Waals surface area contributed by atoms with E-state index in [2.05, 4.69) is 9.47 Å². The van der Waals surface area contributed by atoms with Crippen LogP contribution in [0.5, 0.6) is 0 Å². The van der Waals surface area contributed by atoms with E-state index < -0.39 is 37.9 Å². The Bertz CT molecular complexity index is 190. The van der Waals surface area contributed by atoms with Crippen LogP contribution in [-0.4, -0.2) is 59.8 Å². The van der Waals surface area contributed by atoms with Crippen LogP contribution in [0.4, 0.5) is 0 Å². The van der Waals surface area contributed by atoms with Gasteiger partial charge in [-0.15, -0.1) is 0 Å². The van der Waals surface area contributed by atoms with Crippen LogP contribution in [0, 0.1) is 0 Å². The minimum absolute atomic E-state index is 0.359. The maximum Gasteiger partial charge on any atom is 0.332 e. The maximum atomic E-state index is 10.5. The lowest BCUT2D eigenvalue weighted by atomic mass is 10.4. The molecule has 0 radical (unpaired) electrons. The quantitative estimate of drug-likeness (QED) is 0.411. The zero-order valence-corrected chi connectivity index (χ0v) is 7.38. The predicted molar refractivity (Wildman–Crippen MR) is 42.1 cm³/mol. The normalized spacial score (nSPS) is 11.9. The van der Waals surface area contributed by atoms with Gasteiger partial charge in [-0.05, 0) is 0 Å². The van der Waals surface area contributed by atoms with E-state index >= 15 is 0 Å². The summed E-state index contributed by atoms with van der Waals surface area (Å²) in [5.41, 5.74) is 0. The van der Waals surface area contributed by atoms with E-state index in [9.17, 15) is 9.59 Å². The van der Waals surface area contributed by atoms with E-state index in [1.165, 1.54) is 0 Å². The summed E-state index contributed by atoms with van der Waals surface area (Å²) in [6.45, 7) is -2.50. The molecule has 0 fully saturated rings. The van der Waals surface area contributed by atoms with Gasteiger partial charge in [-0.25, -0.2) is 9.59 Å². The molecule has 0 aromatic heterocycles. The van der Waals surface area contributed by atoms with Gasteiger partial charge < -0.3 is 24.8 Å². The molecule has 82 valence electrons. The second-order valence-corrected chi connectivity index (χ2v) is 2.29. The first-order chi connectivity index (χ1) is 6.63. The number of aliphatic hydroxyl groups excluding tert-OH is 3. The zero-order chi connectivity index (χ0) is 11.0. The average molecular weight is 208 g/mol. The number of carbonyl (C=O) groups is 2. The Balaban J connectivity index is 3.79. The van der Waals surface area contributed by atoms with Gasteiger partial charge in [0.05, 0.1) is 6.61 Å². The Hall–Kier alpha value is -1.18. The minimum Gasteiger partial charge on any atom is -0.460 e. The number of rotatable bonds is 6. The smallest absolute Gasteiger partial charge is 0.332 e. The largest absolute Gasteiger partial charge is 0.460 e. The molecule has 3 N–H and O–H groups in total. The van der Waals surface area contributed by atoms with Crippen LogP contribution in [-0.2, 0) is 19.1 Å². The lowest BCUT2D eigenvalue weighted by molar-refractivity contribution is -0.164. The first kappa shape index (κ1) is 12.8. The summed E-state index contributed by atoms with van der Waals surface area (Å²) in [5.74, 6) is -1.81. The van der Waals surface area contributed by atoms with Gasteiger partial charge in [0.2, 0.25) is 0 Å². The van der Waals surface area contributed by atoms with Gasteiger partial charge in [0, 0.05) is 0 Å². The van der Waals surface area contributed by atoms with Crippen molar-refractivity contribution in [3.8, 4) is 0 Å². The molecule has 1 atom stereocenters. The summed E-state index contributed by atoms with van der Waals surface area (Å²) in [6, 6.07) is 0. The molecule has 0 heterocycles. The molecule has 0 bridgehead atoms. The summed E-state index contributed by atoms with van der Waals surface area (Å²) in [5, 5.41) is 25.2. The van der Waals surface area contributed by atoms with Gasteiger partial charge >= 0.3 is 11.9 Å². The summed E-state index contributed by atoms with van der Waals surface area (Å²) in [7, 11) is 0.